The quantitative estimate of drug-likeness (QED) is 0.700. The second-order valence-electron chi connectivity index (χ2n) is 6.82. The van der Waals surface area contributed by atoms with Crippen LogP contribution in [0.1, 0.15) is 35.3 Å². The fourth-order valence-corrected chi connectivity index (χ4v) is 2.65. The lowest BCUT2D eigenvalue weighted by atomic mass is 10.0. The molecule has 0 aliphatic rings. The van der Waals surface area contributed by atoms with Gasteiger partial charge in [-0.25, -0.2) is 0 Å². The number of anilines is 1. The molecule has 0 spiro atoms. The number of nitrogens with one attached hydrogen (secondary N) is 2. The summed E-state index contributed by atoms with van der Waals surface area (Å²) < 4.78 is 0. The van der Waals surface area contributed by atoms with Crippen molar-refractivity contribution >= 4 is 23.5 Å². The Bertz CT molecular complexity index is 828. The topological polar surface area (TPSA) is 95.5 Å². The maximum Gasteiger partial charge on any atom is 0.307 e. The molecule has 0 heterocycles. The Labute approximate surface area is 158 Å². The molecule has 1 unspecified atom stereocenters. The van der Waals surface area contributed by atoms with Crippen molar-refractivity contribution in [2.75, 3.05) is 5.32 Å². The zero-order chi connectivity index (χ0) is 20.0. The molecule has 2 aromatic carbocycles. The van der Waals surface area contributed by atoms with E-state index in [4.69, 9.17) is 5.11 Å². The van der Waals surface area contributed by atoms with Crippen LogP contribution in [0.25, 0.3) is 0 Å². The maximum atomic E-state index is 12.6. The van der Waals surface area contributed by atoms with Crippen LogP contribution in [0.5, 0.6) is 0 Å². The van der Waals surface area contributed by atoms with Crippen molar-refractivity contribution in [2.45, 2.75) is 33.2 Å². The number of aliphatic carboxylic acids is 1. The van der Waals surface area contributed by atoms with Crippen LogP contribution < -0.4 is 10.6 Å². The van der Waals surface area contributed by atoms with E-state index in [1.807, 2.05) is 26.8 Å². The lowest BCUT2D eigenvalue weighted by Crippen LogP contribution is -2.47. The second-order valence-corrected chi connectivity index (χ2v) is 6.82. The minimum atomic E-state index is -0.912. The number of hydrogen-bond donors (Lipinski definition) is 3. The van der Waals surface area contributed by atoms with Crippen molar-refractivity contribution in [3.05, 3.63) is 65.2 Å². The van der Waals surface area contributed by atoms with Gasteiger partial charge in [0.1, 0.15) is 6.04 Å². The van der Waals surface area contributed by atoms with Crippen LogP contribution in [0.3, 0.4) is 0 Å². The van der Waals surface area contributed by atoms with Gasteiger partial charge in [-0.15, -0.1) is 0 Å². The Morgan fingerprint density at radius 3 is 2.26 bits per heavy atom. The predicted octanol–water partition coefficient (Wildman–Crippen LogP) is 3.02. The van der Waals surface area contributed by atoms with Crippen molar-refractivity contribution in [1.29, 1.82) is 0 Å². The predicted molar refractivity (Wildman–Crippen MR) is 104 cm³/mol. The molecule has 2 rings (SSSR count). The van der Waals surface area contributed by atoms with Gasteiger partial charge in [0, 0.05) is 11.3 Å². The molecule has 0 radical (unpaired) electrons. The number of hydrogen-bond acceptors (Lipinski definition) is 3. The third kappa shape index (κ3) is 5.95. The number of aryl methyl sites for hydroxylation is 1. The Kier molecular flexibility index (Phi) is 6.71. The van der Waals surface area contributed by atoms with Crippen LogP contribution >= 0.6 is 0 Å². The van der Waals surface area contributed by atoms with Gasteiger partial charge in [-0.2, -0.15) is 0 Å². The van der Waals surface area contributed by atoms with Crippen LogP contribution in [0, 0.1) is 12.8 Å². The lowest BCUT2D eigenvalue weighted by Gasteiger charge is -2.22. The molecule has 27 heavy (non-hydrogen) atoms. The van der Waals surface area contributed by atoms with Gasteiger partial charge < -0.3 is 15.7 Å². The summed E-state index contributed by atoms with van der Waals surface area (Å²) in [5.74, 6) is -1.64. The molecule has 6 nitrogen and oxygen atoms in total. The number of carbonyl (C=O) groups is 3. The monoisotopic (exact) mass is 368 g/mol. The average molecular weight is 368 g/mol. The molecule has 142 valence electrons. The third-order valence-corrected chi connectivity index (χ3v) is 4.09. The first-order valence-electron chi connectivity index (χ1n) is 8.75. The third-order valence-electron chi connectivity index (χ3n) is 4.09. The van der Waals surface area contributed by atoms with Gasteiger partial charge in [0.2, 0.25) is 5.91 Å². The smallest absolute Gasteiger partial charge is 0.307 e. The van der Waals surface area contributed by atoms with E-state index in [9.17, 15) is 14.4 Å². The molecule has 0 saturated heterocycles. The van der Waals surface area contributed by atoms with Gasteiger partial charge in [0.15, 0.2) is 0 Å². The average Bonchev–Trinajstić information content (AvgIpc) is 2.60. The normalized spacial score (nSPS) is 11.7. The maximum absolute atomic E-state index is 12.6. The number of carboxylic acid groups (broad SMARTS) is 1. The molecule has 0 saturated carbocycles. The van der Waals surface area contributed by atoms with Crippen molar-refractivity contribution in [3.63, 3.8) is 0 Å². The molecule has 3 N–H and O–H groups in total. The highest BCUT2D eigenvalue weighted by Crippen LogP contribution is 2.13. The van der Waals surface area contributed by atoms with E-state index in [-0.39, 0.29) is 24.2 Å². The molecule has 0 aliphatic carbocycles. The highest BCUT2D eigenvalue weighted by atomic mass is 16.4. The second kappa shape index (κ2) is 8.98. The number of carbonyl (C=O) groups excluding carboxylic acids is 2. The van der Waals surface area contributed by atoms with Gasteiger partial charge in [-0.05, 0) is 42.7 Å². The molecule has 0 aliphatic heterocycles. The van der Waals surface area contributed by atoms with E-state index >= 15 is 0 Å². The van der Waals surface area contributed by atoms with Gasteiger partial charge in [0.25, 0.3) is 5.91 Å². The van der Waals surface area contributed by atoms with E-state index in [1.165, 1.54) is 0 Å². The Hall–Kier alpha value is -3.15. The highest BCUT2D eigenvalue weighted by Gasteiger charge is 2.24. The SMILES string of the molecule is Cc1cccc(C(=O)NC(C(=O)Nc2ccc(CC(=O)O)cc2)C(C)C)c1. The number of carboxylic acids is 1. The van der Waals surface area contributed by atoms with Gasteiger partial charge in [-0.3, -0.25) is 14.4 Å². The first-order valence-corrected chi connectivity index (χ1v) is 8.75. The molecule has 1 atom stereocenters. The van der Waals surface area contributed by atoms with E-state index in [1.54, 1.807) is 42.5 Å². The first kappa shape index (κ1) is 20.2. The van der Waals surface area contributed by atoms with Crippen LogP contribution in [0.4, 0.5) is 5.69 Å². The van der Waals surface area contributed by atoms with Crippen LogP contribution in [-0.4, -0.2) is 28.9 Å². The molecule has 6 heteroatoms. The Morgan fingerprint density at radius 1 is 1.04 bits per heavy atom. The largest absolute Gasteiger partial charge is 0.481 e. The van der Waals surface area contributed by atoms with Gasteiger partial charge in [-0.1, -0.05) is 43.7 Å². The molecule has 2 amide bonds. The molecule has 0 aromatic heterocycles. The van der Waals surface area contributed by atoms with Crippen LogP contribution in [-0.2, 0) is 16.0 Å². The van der Waals surface area contributed by atoms with E-state index < -0.39 is 12.0 Å². The summed E-state index contributed by atoms with van der Waals surface area (Å²) in [4.78, 5) is 35.8. The fraction of sp³-hybridized carbons (Fsp3) is 0.286. The minimum Gasteiger partial charge on any atom is -0.481 e. The van der Waals surface area contributed by atoms with Crippen molar-refractivity contribution < 1.29 is 19.5 Å². The summed E-state index contributed by atoms with van der Waals surface area (Å²) in [5.41, 5.74) is 2.67. The summed E-state index contributed by atoms with van der Waals surface area (Å²) in [6.07, 6.45) is -0.0740. The Balaban J connectivity index is 2.06. The van der Waals surface area contributed by atoms with Gasteiger partial charge in [0.05, 0.1) is 6.42 Å². The molecular weight excluding hydrogens is 344 g/mol. The zero-order valence-electron chi connectivity index (χ0n) is 15.7. The molecule has 0 bridgehead atoms. The van der Waals surface area contributed by atoms with Crippen molar-refractivity contribution in [1.82, 2.24) is 5.32 Å². The summed E-state index contributed by atoms with van der Waals surface area (Å²) in [5, 5.41) is 14.4. The summed E-state index contributed by atoms with van der Waals surface area (Å²) >= 11 is 0. The number of amides is 2. The molecule has 0 fully saturated rings. The summed E-state index contributed by atoms with van der Waals surface area (Å²) in [7, 11) is 0. The van der Waals surface area contributed by atoms with E-state index in [2.05, 4.69) is 10.6 Å². The van der Waals surface area contributed by atoms with Crippen LogP contribution in [0.2, 0.25) is 0 Å². The fourth-order valence-electron chi connectivity index (χ4n) is 2.65. The van der Waals surface area contributed by atoms with Crippen molar-refractivity contribution in [2.24, 2.45) is 5.92 Å². The highest BCUT2D eigenvalue weighted by molar-refractivity contribution is 6.01. The van der Waals surface area contributed by atoms with E-state index in [0.29, 0.717) is 16.8 Å². The van der Waals surface area contributed by atoms with Gasteiger partial charge >= 0.3 is 5.97 Å². The van der Waals surface area contributed by atoms with E-state index in [0.717, 1.165) is 5.56 Å². The zero-order valence-corrected chi connectivity index (χ0v) is 15.7. The standard InChI is InChI=1S/C21H24N2O4/c1-13(2)19(23-20(26)16-6-4-5-14(3)11-16)21(27)22-17-9-7-15(8-10-17)12-18(24)25/h4-11,13,19H,12H2,1-3H3,(H,22,27)(H,23,26)(H,24,25). The molecule has 2 aromatic rings. The minimum absolute atomic E-state index is 0.0740. The van der Waals surface area contributed by atoms with Crippen LogP contribution in [0.15, 0.2) is 48.5 Å². The Morgan fingerprint density at radius 2 is 1.70 bits per heavy atom. The number of benzene rings is 2. The molecular formula is C21H24N2O4. The summed E-state index contributed by atoms with van der Waals surface area (Å²) in [6.45, 7) is 5.62. The van der Waals surface area contributed by atoms with Crippen molar-refractivity contribution in [3.8, 4) is 0 Å². The summed E-state index contributed by atoms with van der Waals surface area (Å²) in [6, 6.07) is 13.1. The number of rotatable bonds is 7. The first-order chi connectivity index (χ1) is 12.8. The lowest BCUT2D eigenvalue weighted by molar-refractivity contribution is -0.136.